The zero-order chi connectivity index (χ0) is 11.8. The van der Waals surface area contributed by atoms with E-state index in [2.05, 4.69) is 18.3 Å². The van der Waals surface area contributed by atoms with Crippen LogP contribution in [0.3, 0.4) is 0 Å². The lowest BCUT2D eigenvalue weighted by molar-refractivity contribution is 0.283. The monoisotopic (exact) mass is 218 g/mol. The van der Waals surface area contributed by atoms with E-state index < -0.39 is 0 Å². The predicted molar refractivity (Wildman–Crippen MR) is 63.9 cm³/mol. The van der Waals surface area contributed by atoms with E-state index in [0.717, 1.165) is 24.9 Å². The van der Waals surface area contributed by atoms with Gasteiger partial charge in [-0.15, -0.1) is 0 Å². The minimum atomic E-state index is 0.243. The van der Waals surface area contributed by atoms with Gasteiger partial charge in [0.1, 0.15) is 0 Å². The van der Waals surface area contributed by atoms with Crippen LogP contribution in [0.25, 0.3) is 0 Å². The summed E-state index contributed by atoms with van der Waals surface area (Å²) in [7, 11) is 0. The van der Waals surface area contributed by atoms with Gasteiger partial charge in [-0.05, 0) is 44.0 Å². The molecule has 1 unspecified atom stereocenters. The summed E-state index contributed by atoms with van der Waals surface area (Å²) in [5, 5.41) is 20.8. The predicted octanol–water partition coefficient (Wildman–Crippen LogP) is 1.98. The van der Waals surface area contributed by atoms with Gasteiger partial charge in [0.25, 0.3) is 0 Å². The maximum atomic E-state index is 8.79. The van der Waals surface area contributed by atoms with Crippen LogP contribution in [-0.2, 0) is 0 Å². The van der Waals surface area contributed by atoms with Crippen molar-refractivity contribution < 1.29 is 5.11 Å². The largest absolute Gasteiger partial charge is 0.396 e. The molecule has 0 heterocycles. The molecule has 0 aliphatic rings. The number of benzene rings is 1. The number of unbranched alkanes of at least 4 members (excludes halogenated alkanes) is 1. The van der Waals surface area contributed by atoms with Crippen molar-refractivity contribution in [2.75, 3.05) is 13.2 Å². The molecular formula is C13H18N2O. The third kappa shape index (κ3) is 4.01. The highest BCUT2D eigenvalue weighted by atomic mass is 16.2. The van der Waals surface area contributed by atoms with E-state index in [0.29, 0.717) is 5.56 Å². The quantitative estimate of drug-likeness (QED) is 0.718. The highest BCUT2D eigenvalue weighted by Gasteiger charge is 2.04. The number of rotatable bonds is 6. The molecule has 3 heteroatoms. The summed E-state index contributed by atoms with van der Waals surface area (Å²) in [6.45, 7) is 3.22. The van der Waals surface area contributed by atoms with Crippen LogP contribution < -0.4 is 5.32 Å². The molecule has 1 aromatic carbocycles. The summed E-state index contributed by atoms with van der Waals surface area (Å²) in [6, 6.07) is 10.0. The molecule has 0 aliphatic carbocycles. The molecule has 0 amide bonds. The molecule has 0 saturated carbocycles. The van der Waals surface area contributed by atoms with E-state index in [4.69, 9.17) is 10.4 Å². The molecule has 0 fully saturated rings. The Morgan fingerprint density at radius 3 is 2.94 bits per heavy atom. The number of aliphatic hydroxyl groups excluding tert-OH is 1. The first-order valence-electron chi connectivity index (χ1n) is 5.62. The molecule has 1 rings (SSSR count). The van der Waals surface area contributed by atoms with Gasteiger partial charge in [-0.3, -0.25) is 0 Å². The molecule has 3 nitrogen and oxygen atoms in total. The number of aliphatic hydroxyl groups is 1. The summed E-state index contributed by atoms with van der Waals surface area (Å²) >= 11 is 0. The molecule has 86 valence electrons. The van der Waals surface area contributed by atoms with Gasteiger partial charge in [-0.1, -0.05) is 12.1 Å². The molecular weight excluding hydrogens is 200 g/mol. The summed E-state index contributed by atoms with van der Waals surface area (Å²) in [4.78, 5) is 0. The van der Waals surface area contributed by atoms with Crippen LogP contribution in [0.5, 0.6) is 0 Å². The summed E-state index contributed by atoms with van der Waals surface area (Å²) in [5.41, 5.74) is 1.82. The lowest BCUT2D eigenvalue weighted by atomic mass is 10.1. The van der Waals surface area contributed by atoms with E-state index in [-0.39, 0.29) is 12.6 Å². The first-order chi connectivity index (χ1) is 7.77. The van der Waals surface area contributed by atoms with Crippen LogP contribution in [0.15, 0.2) is 24.3 Å². The van der Waals surface area contributed by atoms with Crippen LogP contribution >= 0.6 is 0 Å². The lowest BCUT2D eigenvalue weighted by Gasteiger charge is -2.14. The Morgan fingerprint density at radius 1 is 1.44 bits per heavy atom. The molecule has 2 N–H and O–H groups in total. The Kier molecular flexibility index (Phi) is 5.55. The van der Waals surface area contributed by atoms with Crippen molar-refractivity contribution in [2.24, 2.45) is 0 Å². The summed E-state index contributed by atoms with van der Waals surface area (Å²) < 4.78 is 0. The summed E-state index contributed by atoms with van der Waals surface area (Å²) in [5.74, 6) is 0. The minimum Gasteiger partial charge on any atom is -0.396 e. The highest BCUT2D eigenvalue weighted by Crippen LogP contribution is 2.13. The van der Waals surface area contributed by atoms with E-state index >= 15 is 0 Å². The highest BCUT2D eigenvalue weighted by molar-refractivity contribution is 5.33. The second-order valence-electron chi connectivity index (χ2n) is 3.84. The van der Waals surface area contributed by atoms with E-state index in [9.17, 15) is 0 Å². The van der Waals surface area contributed by atoms with Crippen molar-refractivity contribution in [3.63, 3.8) is 0 Å². The van der Waals surface area contributed by atoms with Crippen molar-refractivity contribution in [1.82, 2.24) is 5.32 Å². The fourth-order valence-electron chi connectivity index (χ4n) is 1.55. The average molecular weight is 218 g/mol. The first-order valence-corrected chi connectivity index (χ1v) is 5.62. The third-order valence-electron chi connectivity index (χ3n) is 2.55. The number of hydrogen-bond donors (Lipinski definition) is 2. The van der Waals surface area contributed by atoms with E-state index in [1.54, 1.807) is 0 Å². The molecule has 1 atom stereocenters. The van der Waals surface area contributed by atoms with Crippen molar-refractivity contribution in [3.05, 3.63) is 35.4 Å². The zero-order valence-electron chi connectivity index (χ0n) is 9.61. The third-order valence-corrected chi connectivity index (χ3v) is 2.55. The molecule has 0 saturated heterocycles. The Morgan fingerprint density at radius 2 is 2.25 bits per heavy atom. The van der Waals surface area contributed by atoms with Crippen molar-refractivity contribution in [2.45, 2.75) is 25.8 Å². The Hall–Kier alpha value is -1.37. The second-order valence-corrected chi connectivity index (χ2v) is 3.84. The molecule has 0 radical (unpaired) electrons. The smallest absolute Gasteiger partial charge is 0.0991 e. The maximum absolute atomic E-state index is 8.79. The lowest BCUT2D eigenvalue weighted by Crippen LogP contribution is -2.20. The van der Waals surface area contributed by atoms with Gasteiger partial charge in [0.15, 0.2) is 0 Å². The zero-order valence-corrected chi connectivity index (χ0v) is 9.61. The molecule has 0 aliphatic heterocycles. The topological polar surface area (TPSA) is 56.0 Å². The van der Waals surface area contributed by atoms with Crippen LogP contribution in [0.2, 0.25) is 0 Å². The number of hydrogen-bond acceptors (Lipinski definition) is 3. The Bertz CT molecular complexity index is 357. The van der Waals surface area contributed by atoms with E-state index in [1.807, 2.05) is 24.3 Å². The minimum absolute atomic E-state index is 0.243. The number of nitriles is 1. The van der Waals surface area contributed by atoms with Crippen LogP contribution in [-0.4, -0.2) is 18.3 Å². The standard InChI is InChI=1S/C13H18N2O/c1-11(15-7-2-3-8-16)13-6-4-5-12(9-13)10-14/h4-6,9,11,15-16H,2-3,7-8H2,1H3. The van der Waals surface area contributed by atoms with Crippen molar-refractivity contribution in [1.29, 1.82) is 5.26 Å². The van der Waals surface area contributed by atoms with Gasteiger partial charge in [-0.25, -0.2) is 0 Å². The summed E-state index contributed by atoms with van der Waals surface area (Å²) in [6.07, 6.45) is 1.80. The van der Waals surface area contributed by atoms with Gasteiger partial charge < -0.3 is 10.4 Å². The molecule has 1 aromatic rings. The number of nitrogens with zero attached hydrogens (tertiary/aromatic N) is 1. The van der Waals surface area contributed by atoms with E-state index in [1.165, 1.54) is 0 Å². The van der Waals surface area contributed by atoms with Crippen LogP contribution in [0.1, 0.15) is 36.9 Å². The van der Waals surface area contributed by atoms with Crippen LogP contribution in [0, 0.1) is 11.3 Å². The SMILES string of the molecule is CC(NCCCCO)c1cccc(C#N)c1. The number of nitrogens with one attached hydrogen (secondary N) is 1. The Labute approximate surface area is 96.7 Å². The van der Waals surface area contributed by atoms with Gasteiger partial charge >= 0.3 is 0 Å². The molecule has 0 spiro atoms. The fourth-order valence-corrected chi connectivity index (χ4v) is 1.55. The first kappa shape index (κ1) is 12.7. The van der Waals surface area contributed by atoms with Crippen molar-refractivity contribution in [3.8, 4) is 6.07 Å². The van der Waals surface area contributed by atoms with Gasteiger partial charge in [-0.2, -0.15) is 5.26 Å². The molecule has 0 aromatic heterocycles. The molecule has 16 heavy (non-hydrogen) atoms. The second kappa shape index (κ2) is 7.00. The van der Waals surface area contributed by atoms with Crippen molar-refractivity contribution >= 4 is 0 Å². The Balaban J connectivity index is 2.46. The molecule has 0 bridgehead atoms. The van der Waals surface area contributed by atoms with Gasteiger partial charge in [0.05, 0.1) is 11.6 Å². The maximum Gasteiger partial charge on any atom is 0.0991 e. The normalized spacial score (nSPS) is 12.1. The van der Waals surface area contributed by atoms with Gasteiger partial charge in [0, 0.05) is 12.6 Å². The van der Waals surface area contributed by atoms with Gasteiger partial charge in [0.2, 0.25) is 0 Å². The fraction of sp³-hybridized carbons (Fsp3) is 0.462. The van der Waals surface area contributed by atoms with Crippen LogP contribution in [0.4, 0.5) is 0 Å². The average Bonchev–Trinajstić information content (AvgIpc) is 2.34.